The summed E-state index contributed by atoms with van der Waals surface area (Å²) >= 11 is 0. The van der Waals surface area contributed by atoms with Gasteiger partial charge < -0.3 is 10.1 Å². The molecule has 1 fully saturated rings. The predicted octanol–water partition coefficient (Wildman–Crippen LogP) is 1.56. The Morgan fingerprint density at radius 2 is 2.26 bits per heavy atom. The second-order valence-corrected chi connectivity index (χ2v) is 4.85. The average molecular weight is 259 g/mol. The van der Waals surface area contributed by atoms with Gasteiger partial charge >= 0.3 is 6.01 Å². The Hall–Kier alpha value is -1.95. The molecule has 3 rings (SSSR count). The lowest BCUT2D eigenvalue weighted by atomic mass is 10.2. The highest BCUT2D eigenvalue weighted by atomic mass is 16.5. The highest BCUT2D eigenvalue weighted by molar-refractivity contribution is 5.26. The minimum absolute atomic E-state index is 0.318. The second-order valence-electron chi connectivity index (χ2n) is 4.85. The average Bonchev–Trinajstić information content (AvgIpc) is 3.12. The minimum atomic E-state index is 0.318. The van der Waals surface area contributed by atoms with Crippen LogP contribution in [0.1, 0.15) is 24.1 Å². The van der Waals surface area contributed by atoms with E-state index in [0.29, 0.717) is 17.9 Å². The molecule has 19 heavy (non-hydrogen) atoms. The van der Waals surface area contributed by atoms with Crippen LogP contribution < -0.4 is 10.1 Å². The highest BCUT2D eigenvalue weighted by Crippen LogP contribution is 2.21. The first-order chi connectivity index (χ1) is 9.20. The van der Waals surface area contributed by atoms with Crippen LogP contribution in [0.5, 0.6) is 11.9 Å². The van der Waals surface area contributed by atoms with Crippen molar-refractivity contribution in [2.24, 2.45) is 7.05 Å². The number of nitrogens with one attached hydrogen (secondary N) is 1. The maximum Gasteiger partial charge on any atom is 0.342 e. The van der Waals surface area contributed by atoms with E-state index in [1.165, 1.54) is 18.4 Å². The SMILES string of the molecule is Cc1nc(Oc2ncn(C)n2)ccc1CNC1CC1. The lowest BCUT2D eigenvalue weighted by molar-refractivity contribution is 0.421. The molecule has 1 saturated carbocycles. The summed E-state index contributed by atoms with van der Waals surface area (Å²) in [5.74, 6) is 0.527. The fourth-order valence-electron chi connectivity index (χ4n) is 1.81. The molecule has 2 aromatic heterocycles. The van der Waals surface area contributed by atoms with Crippen LogP contribution in [0.2, 0.25) is 0 Å². The Labute approximate surface area is 111 Å². The summed E-state index contributed by atoms with van der Waals surface area (Å²) < 4.78 is 7.09. The third kappa shape index (κ3) is 3.08. The number of pyridine rings is 1. The van der Waals surface area contributed by atoms with Crippen molar-refractivity contribution in [2.75, 3.05) is 0 Å². The molecule has 0 bridgehead atoms. The number of rotatable bonds is 5. The van der Waals surface area contributed by atoms with Gasteiger partial charge in [-0.2, -0.15) is 4.98 Å². The predicted molar refractivity (Wildman–Crippen MR) is 69.9 cm³/mol. The van der Waals surface area contributed by atoms with Gasteiger partial charge in [-0.15, -0.1) is 5.10 Å². The lowest BCUT2D eigenvalue weighted by Gasteiger charge is -2.08. The van der Waals surface area contributed by atoms with Crippen LogP contribution in [0, 0.1) is 6.92 Å². The molecule has 2 heterocycles. The number of hydrogen-bond acceptors (Lipinski definition) is 5. The summed E-state index contributed by atoms with van der Waals surface area (Å²) in [6.45, 7) is 2.86. The van der Waals surface area contributed by atoms with Crippen molar-refractivity contribution in [2.45, 2.75) is 32.4 Å². The van der Waals surface area contributed by atoms with Gasteiger partial charge in [-0.25, -0.2) is 4.98 Å². The summed E-state index contributed by atoms with van der Waals surface area (Å²) in [4.78, 5) is 8.43. The van der Waals surface area contributed by atoms with Gasteiger partial charge in [-0.1, -0.05) is 6.07 Å². The second kappa shape index (κ2) is 4.97. The topological polar surface area (TPSA) is 64.9 Å². The fraction of sp³-hybridized carbons (Fsp3) is 0.462. The first-order valence-electron chi connectivity index (χ1n) is 6.44. The van der Waals surface area contributed by atoms with Crippen molar-refractivity contribution in [3.05, 3.63) is 29.7 Å². The number of aryl methyl sites for hydroxylation is 2. The zero-order chi connectivity index (χ0) is 13.2. The van der Waals surface area contributed by atoms with Crippen LogP contribution in [0.4, 0.5) is 0 Å². The molecule has 1 aliphatic rings. The fourth-order valence-corrected chi connectivity index (χ4v) is 1.81. The molecule has 0 radical (unpaired) electrons. The summed E-state index contributed by atoms with van der Waals surface area (Å²) in [7, 11) is 1.80. The zero-order valence-corrected chi connectivity index (χ0v) is 11.1. The Morgan fingerprint density at radius 1 is 1.42 bits per heavy atom. The van der Waals surface area contributed by atoms with Crippen molar-refractivity contribution < 1.29 is 4.74 Å². The van der Waals surface area contributed by atoms with Gasteiger partial charge in [0.1, 0.15) is 6.33 Å². The van der Waals surface area contributed by atoms with E-state index in [2.05, 4.69) is 20.4 Å². The van der Waals surface area contributed by atoms with Gasteiger partial charge in [0.2, 0.25) is 5.88 Å². The van der Waals surface area contributed by atoms with Crippen LogP contribution in [0.25, 0.3) is 0 Å². The quantitative estimate of drug-likeness (QED) is 0.882. The van der Waals surface area contributed by atoms with Crippen LogP contribution >= 0.6 is 0 Å². The molecule has 0 amide bonds. The largest absolute Gasteiger partial charge is 0.404 e. The van der Waals surface area contributed by atoms with Crippen LogP contribution in [0.15, 0.2) is 18.5 Å². The highest BCUT2D eigenvalue weighted by Gasteiger charge is 2.20. The zero-order valence-electron chi connectivity index (χ0n) is 11.1. The van der Waals surface area contributed by atoms with Gasteiger partial charge in [0.05, 0.1) is 0 Å². The van der Waals surface area contributed by atoms with Crippen LogP contribution in [-0.4, -0.2) is 25.8 Å². The van der Waals surface area contributed by atoms with E-state index in [4.69, 9.17) is 4.74 Å². The molecule has 0 unspecified atom stereocenters. The van der Waals surface area contributed by atoms with Gasteiger partial charge in [-0.05, 0) is 25.3 Å². The first-order valence-corrected chi connectivity index (χ1v) is 6.44. The van der Waals surface area contributed by atoms with Crippen molar-refractivity contribution >= 4 is 0 Å². The first kappa shape index (κ1) is 12.1. The number of nitrogens with zero attached hydrogens (tertiary/aromatic N) is 4. The molecule has 0 aliphatic heterocycles. The molecule has 1 N–H and O–H groups in total. The Kier molecular flexibility index (Phi) is 3.16. The van der Waals surface area contributed by atoms with Crippen molar-refractivity contribution in [3.63, 3.8) is 0 Å². The van der Waals surface area contributed by atoms with Gasteiger partial charge in [-0.3, -0.25) is 4.68 Å². The summed E-state index contributed by atoms with van der Waals surface area (Å²) in [6.07, 6.45) is 4.17. The van der Waals surface area contributed by atoms with Crippen LogP contribution in [-0.2, 0) is 13.6 Å². The molecule has 6 nitrogen and oxygen atoms in total. The third-order valence-corrected chi connectivity index (χ3v) is 3.10. The monoisotopic (exact) mass is 259 g/mol. The molecule has 0 atom stereocenters. The van der Waals surface area contributed by atoms with Crippen LogP contribution in [0.3, 0.4) is 0 Å². The van der Waals surface area contributed by atoms with Crippen molar-refractivity contribution in [1.82, 2.24) is 25.1 Å². The number of ether oxygens (including phenoxy) is 1. The van der Waals surface area contributed by atoms with Gasteiger partial charge in [0.25, 0.3) is 0 Å². The molecular formula is C13H17N5O. The Bertz CT molecular complexity index is 576. The molecule has 1 aliphatic carbocycles. The minimum Gasteiger partial charge on any atom is -0.404 e. The van der Waals surface area contributed by atoms with Crippen molar-refractivity contribution in [3.8, 4) is 11.9 Å². The number of hydrogen-bond donors (Lipinski definition) is 1. The maximum absolute atomic E-state index is 5.50. The summed E-state index contributed by atoms with van der Waals surface area (Å²) in [5, 5.41) is 7.53. The van der Waals surface area contributed by atoms with E-state index in [1.807, 2.05) is 19.1 Å². The van der Waals surface area contributed by atoms with E-state index in [1.54, 1.807) is 18.1 Å². The van der Waals surface area contributed by atoms with E-state index in [-0.39, 0.29) is 0 Å². The van der Waals surface area contributed by atoms with E-state index in [0.717, 1.165) is 12.2 Å². The Morgan fingerprint density at radius 3 is 2.89 bits per heavy atom. The molecule has 0 aromatic carbocycles. The van der Waals surface area contributed by atoms with Gasteiger partial charge in [0, 0.05) is 31.4 Å². The maximum atomic E-state index is 5.50. The molecule has 0 spiro atoms. The van der Waals surface area contributed by atoms with E-state index < -0.39 is 0 Å². The Balaban J connectivity index is 1.67. The molecule has 2 aromatic rings. The molecule has 100 valence electrons. The number of aromatic nitrogens is 4. The molecule has 6 heteroatoms. The standard InChI is InChI=1S/C13H17N5O/c1-9-10(7-14-11-4-5-11)3-6-12(16-9)19-13-15-8-18(2)17-13/h3,6,8,11,14H,4-5,7H2,1-2H3. The molecule has 0 saturated heterocycles. The normalized spacial score (nSPS) is 14.6. The summed E-state index contributed by atoms with van der Waals surface area (Å²) in [6, 6.07) is 4.91. The smallest absolute Gasteiger partial charge is 0.342 e. The van der Waals surface area contributed by atoms with E-state index >= 15 is 0 Å². The molecular weight excluding hydrogens is 242 g/mol. The third-order valence-electron chi connectivity index (χ3n) is 3.10. The summed E-state index contributed by atoms with van der Waals surface area (Å²) in [5.41, 5.74) is 2.18. The lowest BCUT2D eigenvalue weighted by Crippen LogP contribution is -2.16. The van der Waals surface area contributed by atoms with Crippen molar-refractivity contribution in [1.29, 1.82) is 0 Å². The van der Waals surface area contributed by atoms with E-state index in [9.17, 15) is 0 Å². The van der Waals surface area contributed by atoms with Gasteiger partial charge in [0.15, 0.2) is 0 Å².